The van der Waals surface area contributed by atoms with Gasteiger partial charge in [-0.1, -0.05) is 39.5 Å². The van der Waals surface area contributed by atoms with Crippen molar-refractivity contribution < 1.29 is 0 Å². The molecule has 0 bridgehead atoms. The van der Waals surface area contributed by atoms with Gasteiger partial charge in [0.1, 0.15) is 0 Å². The van der Waals surface area contributed by atoms with Crippen LogP contribution in [0.25, 0.3) is 0 Å². The maximum absolute atomic E-state index is 4.03. The Labute approximate surface area is 83.0 Å². The summed E-state index contributed by atoms with van der Waals surface area (Å²) in [6.45, 7) is 14.3. The number of allylic oxidation sites excluding steroid dienone is 2. The predicted molar refractivity (Wildman–Crippen MR) is 60.8 cm³/mol. The molecule has 74 valence electrons. The highest BCUT2D eigenvalue weighted by molar-refractivity contribution is 5.02. The van der Waals surface area contributed by atoms with Crippen molar-refractivity contribution in [2.45, 2.75) is 46.5 Å². The van der Waals surface area contributed by atoms with Gasteiger partial charge in [0.15, 0.2) is 0 Å². The molecule has 0 aromatic carbocycles. The first-order chi connectivity index (χ1) is 6.13. The van der Waals surface area contributed by atoms with Crippen LogP contribution in [0, 0.1) is 5.92 Å². The lowest BCUT2D eigenvalue weighted by atomic mass is 9.93. The van der Waals surface area contributed by atoms with Gasteiger partial charge < -0.3 is 0 Å². The Balaban J connectivity index is 3.93. The maximum Gasteiger partial charge on any atom is -0.0215 e. The number of hydrogen-bond acceptors (Lipinski definition) is 0. The molecule has 1 atom stereocenters. The van der Waals surface area contributed by atoms with Crippen LogP contribution < -0.4 is 0 Å². The van der Waals surface area contributed by atoms with Crippen LogP contribution in [0.2, 0.25) is 0 Å². The van der Waals surface area contributed by atoms with Crippen molar-refractivity contribution in [2.24, 2.45) is 5.92 Å². The molecule has 0 fully saturated rings. The van der Waals surface area contributed by atoms with Crippen LogP contribution in [0.1, 0.15) is 46.5 Å². The van der Waals surface area contributed by atoms with E-state index in [9.17, 15) is 0 Å². The lowest BCUT2D eigenvalue weighted by molar-refractivity contribution is 0.557. The summed E-state index contributed by atoms with van der Waals surface area (Å²) < 4.78 is 0. The molecular formula is C13H22. The molecular weight excluding hydrogens is 156 g/mol. The molecule has 0 aliphatic rings. The summed E-state index contributed by atoms with van der Waals surface area (Å²) in [6, 6.07) is 0. The second-order valence-electron chi connectivity index (χ2n) is 3.75. The third-order valence-corrected chi connectivity index (χ3v) is 2.41. The van der Waals surface area contributed by atoms with Crippen LogP contribution in [0.3, 0.4) is 0 Å². The molecule has 13 heavy (non-hydrogen) atoms. The van der Waals surface area contributed by atoms with Crippen LogP contribution in [-0.2, 0) is 0 Å². The van der Waals surface area contributed by atoms with Gasteiger partial charge in [0.05, 0.1) is 0 Å². The monoisotopic (exact) mass is 178 g/mol. The van der Waals surface area contributed by atoms with Crippen LogP contribution in [0.5, 0.6) is 0 Å². The average molecular weight is 178 g/mol. The van der Waals surface area contributed by atoms with E-state index in [0.717, 1.165) is 25.7 Å². The topological polar surface area (TPSA) is 0 Å². The van der Waals surface area contributed by atoms with Gasteiger partial charge in [-0.2, -0.15) is 0 Å². The SMILES string of the molecule is C=C=C(CC)CC(C)CC(=C)CC. The van der Waals surface area contributed by atoms with Crippen molar-refractivity contribution in [1.29, 1.82) is 0 Å². The van der Waals surface area contributed by atoms with Crippen molar-refractivity contribution in [1.82, 2.24) is 0 Å². The Morgan fingerprint density at radius 3 is 2.23 bits per heavy atom. The van der Waals surface area contributed by atoms with Crippen LogP contribution in [0.15, 0.2) is 30.0 Å². The average Bonchev–Trinajstić information content (AvgIpc) is 2.13. The molecule has 0 aliphatic heterocycles. The summed E-state index contributed by atoms with van der Waals surface area (Å²) >= 11 is 0. The first kappa shape index (κ1) is 12.3. The highest BCUT2D eigenvalue weighted by atomic mass is 14.1. The number of rotatable bonds is 6. The summed E-state index contributed by atoms with van der Waals surface area (Å²) in [6.07, 6.45) is 4.44. The molecule has 0 aromatic rings. The smallest absolute Gasteiger partial charge is 0.0215 e. The maximum atomic E-state index is 4.03. The van der Waals surface area contributed by atoms with E-state index in [-0.39, 0.29) is 0 Å². The summed E-state index contributed by atoms with van der Waals surface area (Å²) in [7, 11) is 0. The lowest BCUT2D eigenvalue weighted by Crippen LogP contribution is -1.97. The lowest BCUT2D eigenvalue weighted by Gasteiger charge is -2.12. The highest BCUT2D eigenvalue weighted by Gasteiger charge is 2.05. The Kier molecular flexibility index (Phi) is 6.36. The summed E-state index contributed by atoms with van der Waals surface area (Å²) in [5.41, 5.74) is 5.71. The Morgan fingerprint density at radius 1 is 1.23 bits per heavy atom. The zero-order chi connectivity index (χ0) is 10.3. The highest BCUT2D eigenvalue weighted by Crippen LogP contribution is 2.20. The predicted octanol–water partition coefficient (Wildman–Crippen LogP) is 4.49. The molecule has 0 saturated heterocycles. The second kappa shape index (κ2) is 6.74. The summed E-state index contributed by atoms with van der Waals surface area (Å²) in [4.78, 5) is 0. The molecule has 0 spiro atoms. The molecule has 0 heterocycles. The first-order valence-electron chi connectivity index (χ1n) is 5.18. The third kappa shape index (κ3) is 5.49. The first-order valence-corrected chi connectivity index (χ1v) is 5.18. The van der Waals surface area contributed by atoms with Crippen molar-refractivity contribution in [3.05, 3.63) is 30.0 Å². The van der Waals surface area contributed by atoms with E-state index in [0.29, 0.717) is 5.92 Å². The van der Waals surface area contributed by atoms with E-state index < -0.39 is 0 Å². The number of hydrogen-bond donors (Lipinski definition) is 0. The van der Waals surface area contributed by atoms with Gasteiger partial charge in [-0.15, -0.1) is 5.73 Å². The molecule has 0 aliphatic carbocycles. The normalized spacial score (nSPS) is 11.9. The van der Waals surface area contributed by atoms with Crippen molar-refractivity contribution in [3.63, 3.8) is 0 Å². The Bertz CT molecular complexity index is 204. The quantitative estimate of drug-likeness (QED) is 0.415. The fourth-order valence-electron chi connectivity index (χ4n) is 1.47. The zero-order valence-electron chi connectivity index (χ0n) is 9.32. The minimum absolute atomic E-state index is 0.691. The summed E-state index contributed by atoms with van der Waals surface area (Å²) in [5.74, 6) is 0.691. The third-order valence-electron chi connectivity index (χ3n) is 2.41. The molecule has 0 heteroatoms. The van der Waals surface area contributed by atoms with Gasteiger partial charge in [-0.25, -0.2) is 0 Å². The molecule has 0 aromatic heterocycles. The van der Waals surface area contributed by atoms with Gasteiger partial charge in [0.2, 0.25) is 0 Å². The van der Waals surface area contributed by atoms with E-state index in [1.807, 2.05) is 0 Å². The fourth-order valence-corrected chi connectivity index (χ4v) is 1.47. The molecule has 1 unspecified atom stereocenters. The van der Waals surface area contributed by atoms with Gasteiger partial charge in [-0.05, 0) is 37.2 Å². The molecule has 0 radical (unpaired) electrons. The van der Waals surface area contributed by atoms with E-state index in [2.05, 4.69) is 39.7 Å². The van der Waals surface area contributed by atoms with Gasteiger partial charge in [0, 0.05) is 0 Å². The zero-order valence-corrected chi connectivity index (χ0v) is 9.32. The standard InChI is InChI=1S/C13H22/c1-6-11(4)9-12(5)10-13(7-2)8-3/h12H,2,4,6,8-10H2,1,3,5H3. The van der Waals surface area contributed by atoms with Crippen molar-refractivity contribution >= 4 is 0 Å². The van der Waals surface area contributed by atoms with Gasteiger partial charge in [0.25, 0.3) is 0 Å². The van der Waals surface area contributed by atoms with Gasteiger partial charge >= 0.3 is 0 Å². The van der Waals surface area contributed by atoms with Crippen molar-refractivity contribution in [2.75, 3.05) is 0 Å². The van der Waals surface area contributed by atoms with E-state index in [1.165, 1.54) is 11.1 Å². The van der Waals surface area contributed by atoms with Gasteiger partial charge in [-0.3, -0.25) is 0 Å². The Hall–Kier alpha value is -0.740. The molecule has 0 nitrogen and oxygen atoms in total. The molecule has 0 N–H and O–H groups in total. The Morgan fingerprint density at radius 2 is 1.85 bits per heavy atom. The van der Waals surface area contributed by atoms with Crippen LogP contribution in [0.4, 0.5) is 0 Å². The molecule has 0 rings (SSSR count). The largest absolute Gasteiger partial charge is 0.130 e. The van der Waals surface area contributed by atoms with Crippen LogP contribution in [-0.4, -0.2) is 0 Å². The summed E-state index contributed by atoms with van der Waals surface area (Å²) in [5, 5.41) is 0. The minimum Gasteiger partial charge on any atom is -0.130 e. The van der Waals surface area contributed by atoms with E-state index in [4.69, 9.17) is 0 Å². The van der Waals surface area contributed by atoms with Crippen molar-refractivity contribution in [3.8, 4) is 0 Å². The van der Waals surface area contributed by atoms with Crippen LogP contribution >= 0.6 is 0 Å². The minimum atomic E-state index is 0.691. The second-order valence-corrected chi connectivity index (χ2v) is 3.75. The van der Waals surface area contributed by atoms with E-state index in [1.54, 1.807) is 0 Å². The van der Waals surface area contributed by atoms with E-state index >= 15 is 0 Å². The molecule has 0 amide bonds. The molecule has 0 saturated carbocycles. The fraction of sp³-hybridized carbons (Fsp3) is 0.615.